The molecule has 0 amide bonds. The van der Waals surface area contributed by atoms with Gasteiger partial charge in [0.25, 0.3) is 0 Å². The molecule has 2 aliphatic rings. The third kappa shape index (κ3) is 2.83. The summed E-state index contributed by atoms with van der Waals surface area (Å²) < 4.78 is 0. The molecule has 8 N–H and O–H groups in total. The predicted octanol–water partition coefficient (Wildman–Crippen LogP) is -0.125. The Labute approximate surface area is 150 Å². The Morgan fingerprint density at radius 3 is 1.54 bits per heavy atom. The number of carbonyl (C=O) groups excluding carboxylic acids is 2. The quantitative estimate of drug-likeness (QED) is 0.385. The van der Waals surface area contributed by atoms with E-state index in [0.29, 0.717) is 50.4 Å². The Hall–Kier alpha value is -2.84. The maximum Gasteiger partial charge on any atom is 0.200 e. The standard InChI is InChI=1S/C18H22N4O4/c19-5-7-21-9-1-2-10(22-8-6-20)14-13(9)17(25)15-11(23)3-4-12(24)16(15)18(14)26/h3-4,21-24H,1-2,5-8,19-20H2. The summed E-state index contributed by atoms with van der Waals surface area (Å²) in [7, 11) is 0. The molecule has 0 saturated heterocycles. The summed E-state index contributed by atoms with van der Waals surface area (Å²) in [6.07, 6.45) is 1.05. The fourth-order valence-corrected chi connectivity index (χ4v) is 3.39. The van der Waals surface area contributed by atoms with Crippen molar-refractivity contribution >= 4 is 11.6 Å². The number of rotatable bonds is 6. The molecule has 0 atom stereocenters. The number of aromatic hydroxyl groups is 2. The lowest BCUT2D eigenvalue weighted by Crippen LogP contribution is -2.35. The van der Waals surface area contributed by atoms with Crippen LogP contribution in [0.4, 0.5) is 0 Å². The van der Waals surface area contributed by atoms with Gasteiger partial charge in [-0.15, -0.1) is 0 Å². The van der Waals surface area contributed by atoms with Gasteiger partial charge in [0.15, 0.2) is 11.6 Å². The third-order valence-corrected chi connectivity index (χ3v) is 4.51. The van der Waals surface area contributed by atoms with Gasteiger partial charge in [-0.05, 0) is 25.0 Å². The van der Waals surface area contributed by atoms with E-state index >= 15 is 0 Å². The molecule has 26 heavy (non-hydrogen) atoms. The maximum atomic E-state index is 13.1. The Morgan fingerprint density at radius 1 is 0.808 bits per heavy atom. The first kappa shape index (κ1) is 18.0. The minimum atomic E-state index is -0.491. The molecule has 0 spiro atoms. The van der Waals surface area contributed by atoms with Crippen molar-refractivity contribution in [1.29, 1.82) is 0 Å². The summed E-state index contributed by atoms with van der Waals surface area (Å²) in [4.78, 5) is 26.2. The van der Waals surface area contributed by atoms with Crippen LogP contribution in [-0.4, -0.2) is 48.0 Å². The first-order chi connectivity index (χ1) is 12.5. The van der Waals surface area contributed by atoms with Crippen LogP contribution in [0.2, 0.25) is 0 Å². The van der Waals surface area contributed by atoms with Crippen molar-refractivity contribution in [2.45, 2.75) is 12.8 Å². The van der Waals surface area contributed by atoms with Crippen molar-refractivity contribution < 1.29 is 19.8 Å². The third-order valence-electron chi connectivity index (χ3n) is 4.51. The van der Waals surface area contributed by atoms with Crippen LogP contribution in [-0.2, 0) is 0 Å². The summed E-state index contributed by atoms with van der Waals surface area (Å²) >= 11 is 0. The number of benzene rings is 1. The number of phenols is 2. The van der Waals surface area contributed by atoms with E-state index in [1.807, 2.05) is 0 Å². The number of allylic oxidation sites excluding steroid dienone is 4. The molecule has 8 heteroatoms. The van der Waals surface area contributed by atoms with Gasteiger partial charge in [-0.1, -0.05) is 0 Å². The summed E-state index contributed by atoms with van der Waals surface area (Å²) in [5, 5.41) is 26.5. The Balaban J connectivity index is 2.24. The topological polar surface area (TPSA) is 151 Å². The van der Waals surface area contributed by atoms with Crippen molar-refractivity contribution in [3.8, 4) is 11.5 Å². The summed E-state index contributed by atoms with van der Waals surface area (Å²) in [5.41, 5.74) is 12.4. The zero-order valence-corrected chi connectivity index (χ0v) is 14.3. The normalized spacial score (nSPS) is 16.5. The maximum absolute atomic E-state index is 13.1. The fraction of sp³-hybridized carbons (Fsp3) is 0.333. The molecule has 0 fully saturated rings. The van der Waals surface area contributed by atoms with Gasteiger partial charge in [-0.25, -0.2) is 0 Å². The second-order valence-corrected chi connectivity index (χ2v) is 6.15. The fourth-order valence-electron chi connectivity index (χ4n) is 3.39. The molecule has 8 nitrogen and oxygen atoms in total. The molecule has 0 aromatic heterocycles. The number of nitrogens with two attached hydrogens (primary N) is 2. The van der Waals surface area contributed by atoms with E-state index in [0.717, 1.165) is 0 Å². The molecule has 0 saturated carbocycles. The van der Waals surface area contributed by atoms with Gasteiger partial charge in [0, 0.05) is 37.6 Å². The Morgan fingerprint density at radius 2 is 1.19 bits per heavy atom. The molecule has 3 rings (SSSR count). The second-order valence-electron chi connectivity index (χ2n) is 6.15. The van der Waals surface area contributed by atoms with E-state index in [4.69, 9.17) is 11.5 Å². The number of nitrogens with one attached hydrogen (secondary N) is 2. The minimum absolute atomic E-state index is 0.166. The predicted molar refractivity (Wildman–Crippen MR) is 95.8 cm³/mol. The molecule has 0 aliphatic heterocycles. The van der Waals surface area contributed by atoms with Gasteiger partial charge in [0.05, 0.1) is 22.3 Å². The van der Waals surface area contributed by atoms with Gasteiger partial charge in [-0.3, -0.25) is 9.59 Å². The number of carbonyl (C=O) groups is 2. The second kappa shape index (κ2) is 7.19. The Kier molecular flexibility index (Phi) is 4.97. The van der Waals surface area contributed by atoms with E-state index in [-0.39, 0.29) is 33.8 Å². The van der Waals surface area contributed by atoms with E-state index < -0.39 is 11.6 Å². The van der Waals surface area contributed by atoms with Crippen molar-refractivity contribution in [3.05, 3.63) is 45.8 Å². The van der Waals surface area contributed by atoms with E-state index in [2.05, 4.69) is 10.6 Å². The number of hydrogen-bond donors (Lipinski definition) is 6. The smallest absolute Gasteiger partial charge is 0.200 e. The lowest BCUT2D eigenvalue weighted by Gasteiger charge is -2.30. The molecule has 0 heterocycles. The van der Waals surface area contributed by atoms with Crippen molar-refractivity contribution in [2.75, 3.05) is 26.2 Å². The summed E-state index contributed by atoms with van der Waals surface area (Å²) in [5.74, 6) is -1.64. The molecule has 0 unspecified atom stereocenters. The molecule has 0 bridgehead atoms. The van der Waals surface area contributed by atoms with Crippen LogP contribution >= 0.6 is 0 Å². The molecular formula is C18H22N4O4. The minimum Gasteiger partial charge on any atom is -0.507 e. The molecule has 0 radical (unpaired) electrons. The van der Waals surface area contributed by atoms with Gasteiger partial charge < -0.3 is 32.3 Å². The molecule has 138 valence electrons. The van der Waals surface area contributed by atoms with E-state index in [1.165, 1.54) is 12.1 Å². The van der Waals surface area contributed by atoms with Crippen LogP contribution in [0.25, 0.3) is 0 Å². The Bertz CT molecular complexity index is 773. The number of fused-ring (bicyclic) bond motifs is 2. The SMILES string of the molecule is NCCNC1=C2C(=O)c3c(O)ccc(O)c3C(=O)C2=C(NCCN)CC1. The number of phenolic OH excluding ortho intramolecular Hbond substituents is 2. The van der Waals surface area contributed by atoms with Gasteiger partial charge in [-0.2, -0.15) is 0 Å². The lowest BCUT2D eigenvalue weighted by atomic mass is 9.76. The molecule has 1 aromatic carbocycles. The largest absolute Gasteiger partial charge is 0.507 e. The average molecular weight is 358 g/mol. The molecular weight excluding hydrogens is 336 g/mol. The molecule has 1 aromatic rings. The van der Waals surface area contributed by atoms with Crippen LogP contribution in [0.1, 0.15) is 33.6 Å². The van der Waals surface area contributed by atoms with E-state index in [9.17, 15) is 19.8 Å². The average Bonchev–Trinajstić information content (AvgIpc) is 2.64. The molecule has 2 aliphatic carbocycles. The van der Waals surface area contributed by atoms with Crippen LogP contribution in [0.5, 0.6) is 11.5 Å². The zero-order chi connectivity index (χ0) is 18.8. The highest BCUT2D eigenvalue weighted by Crippen LogP contribution is 2.43. The highest BCUT2D eigenvalue weighted by atomic mass is 16.3. The van der Waals surface area contributed by atoms with Crippen LogP contribution in [0.15, 0.2) is 34.7 Å². The number of hydrogen-bond acceptors (Lipinski definition) is 8. The monoisotopic (exact) mass is 358 g/mol. The van der Waals surface area contributed by atoms with E-state index in [1.54, 1.807) is 0 Å². The van der Waals surface area contributed by atoms with Crippen LogP contribution in [0.3, 0.4) is 0 Å². The highest BCUT2D eigenvalue weighted by molar-refractivity contribution is 6.33. The number of Topliss-reactive ketones (excluding diaryl/α,β-unsaturated/α-hetero) is 2. The van der Waals surface area contributed by atoms with Crippen molar-refractivity contribution in [1.82, 2.24) is 10.6 Å². The van der Waals surface area contributed by atoms with Crippen LogP contribution < -0.4 is 22.1 Å². The van der Waals surface area contributed by atoms with Crippen molar-refractivity contribution in [2.24, 2.45) is 11.5 Å². The van der Waals surface area contributed by atoms with Crippen LogP contribution in [0, 0.1) is 0 Å². The summed E-state index contributed by atoms with van der Waals surface area (Å²) in [6, 6.07) is 2.41. The van der Waals surface area contributed by atoms with Gasteiger partial charge in [0.1, 0.15) is 11.5 Å². The first-order valence-corrected chi connectivity index (χ1v) is 8.50. The van der Waals surface area contributed by atoms with Crippen molar-refractivity contribution in [3.63, 3.8) is 0 Å². The zero-order valence-electron chi connectivity index (χ0n) is 14.3. The lowest BCUT2D eigenvalue weighted by molar-refractivity contribution is 0.0963. The van der Waals surface area contributed by atoms with Gasteiger partial charge >= 0.3 is 0 Å². The van der Waals surface area contributed by atoms with Gasteiger partial charge in [0.2, 0.25) is 0 Å². The number of ketones is 2. The summed E-state index contributed by atoms with van der Waals surface area (Å²) in [6.45, 7) is 1.66. The highest BCUT2D eigenvalue weighted by Gasteiger charge is 2.41. The first-order valence-electron chi connectivity index (χ1n) is 8.50.